The van der Waals surface area contributed by atoms with Crippen LogP contribution in [0.1, 0.15) is 22.3 Å². The zero-order valence-electron chi connectivity index (χ0n) is 12.3. The van der Waals surface area contributed by atoms with Crippen LogP contribution in [0, 0.1) is 6.92 Å². The van der Waals surface area contributed by atoms with Gasteiger partial charge in [0.25, 0.3) is 5.91 Å². The average Bonchev–Trinajstić information content (AvgIpc) is 2.86. The molecule has 1 aromatic heterocycles. The number of nitrogens with one attached hydrogen (secondary N) is 3. The largest absolute Gasteiger partial charge is 0.357 e. The minimum Gasteiger partial charge on any atom is -0.357 e. The number of hydrogen-bond donors (Lipinski definition) is 3. The number of amides is 1. The fraction of sp³-hybridized carbons (Fsp3) is 0.462. The molecule has 0 spiro atoms. The number of thiazole rings is 1. The van der Waals surface area contributed by atoms with Crippen LogP contribution >= 0.6 is 35.3 Å². The first-order chi connectivity index (χ1) is 9.69. The smallest absolute Gasteiger partial charge is 0.263 e. The number of hydrogen-bond acceptors (Lipinski definition) is 4. The van der Waals surface area contributed by atoms with Gasteiger partial charge in [0.05, 0.1) is 17.7 Å². The Hall–Kier alpha value is -1.16. The van der Waals surface area contributed by atoms with Crippen molar-refractivity contribution in [3.05, 3.63) is 28.7 Å². The molecule has 0 radical (unpaired) electrons. The van der Waals surface area contributed by atoms with Crippen LogP contribution in [0.5, 0.6) is 0 Å². The Morgan fingerprint density at radius 1 is 1.48 bits per heavy atom. The number of guanidine groups is 1. The van der Waals surface area contributed by atoms with Gasteiger partial charge in [-0.05, 0) is 13.8 Å². The van der Waals surface area contributed by atoms with Crippen LogP contribution in [0.2, 0.25) is 0 Å². The van der Waals surface area contributed by atoms with Gasteiger partial charge in [-0.3, -0.25) is 9.79 Å². The molecule has 21 heavy (non-hydrogen) atoms. The van der Waals surface area contributed by atoms with Crippen LogP contribution < -0.4 is 16.0 Å². The minimum atomic E-state index is -0.0933. The molecule has 0 bridgehead atoms. The third-order valence-electron chi connectivity index (χ3n) is 2.38. The number of aryl methyl sites for hydroxylation is 1. The lowest BCUT2D eigenvalue weighted by atomic mass is 10.4. The van der Waals surface area contributed by atoms with E-state index in [-0.39, 0.29) is 29.9 Å². The highest BCUT2D eigenvalue weighted by atomic mass is 127. The summed E-state index contributed by atoms with van der Waals surface area (Å²) in [4.78, 5) is 20.9. The van der Waals surface area contributed by atoms with Crippen LogP contribution in [-0.4, -0.2) is 43.0 Å². The molecule has 0 saturated heterocycles. The number of carbonyl (C=O) groups is 1. The van der Waals surface area contributed by atoms with Crippen molar-refractivity contribution in [3.8, 4) is 0 Å². The molecular weight excluding hydrogens is 401 g/mol. The van der Waals surface area contributed by atoms with Gasteiger partial charge in [0, 0.05) is 19.6 Å². The molecule has 1 heterocycles. The summed E-state index contributed by atoms with van der Waals surface area (Å²) in [5, 5.41) is 9.04. The summed E-state index contributed by atoms with van der Waals surface area (Å²) < 4.78 is 0. The van der Waals surface area contributed by atoms with Gasteiger partial charge >= 0.3 is 0 Å². The second-order valence-corrected chi connectivity index (χ2v) is 4.81. The highest BCUT2D eigenvalue weighted by Gasteiger charge is 2.10. The Kier molecular flexibility index (Phi) is 10.9. The molecule has 0 aromatic carbocycles. The molecule has 0 aliphatic heterocycles. The van der Waals surface area contributed by atoms with Crippen molar-refractivity contribution in [1.82, 2.24) is 20.9 Å². The molecule has 0 fully saturated rings. The molecular formula is C13H22IN5OS. The lowest BCUT2D eigenvalue weighted by Gasteiger charge is -2.09. The van der Waals surface area contributed by atoms with Crippen molar-refractivity contribution in [2.24, 2.45) is 4.99 Å². The third-order valence-corrected chi connectivity index (χ3v) is 3.30. The monoisotopic (exact) mass is 423 g/mol. The third kappa shape index (κ3) is 7.42. The molecule has 1 rings (SSSR count). The quantitative estimate of drug-likeness (QED) is 0.205. The van der Waals surface area contributed by atoms with Gasteiger partial charge in [0.1, 0.15) is 4.88 Å². The Bertz CT molecular complexity index is 475. The van der Waals surface area contributed by atoms with E-state index >= 15 is 0 Å². The van der Waals surface area contributed by atoms with Crippen molar-refractivity contribution in [2.75, 3.05) is 26.2 Å². The predicted octanol–water partition coefficient (Wildman–Crippen LogP) is 1.54. The fourth-order valence-corrected chi connectivity index (χ4v) is 2.17. The van der Waals surface area contributed by atoms with E-state index in [1.807, 2.05) is 13.8 Å². The lowest BCUT2D eigenvalue weighted by Crippen LogP contribution is -2.38. The van der Waals surface area contributed by atoms with Gasteiger partial charge in [-0.15, -0.1) is 41.9 Å². The van der Waals surface area contributed by atoms with Crippen LogP contribution in [0.15, 0.2) is 23.2 Å². The number of carbonyl (C=O) groups excluding carboxylic acids is 1. The van der Waals surface area contributed by atoms with E-state index in [1.165, 1.54) is 11.3 Å². The van der Waals surface area contributed by atoms with Gasteiger partial charge in [-0.25, -0.2) is 4.98 Å². The molecule has 0 aliphatic rings. The van der Waals surface area contributed by atoms with Gasteiger partial charge < -0.3 is 16.0 Å². The van der Waals surface area contributed by atoms with Gasteiger partial charge in [-0.2, -0.15) is 0 Å². The van der Waals surface area contributed by atoms with Gasteiger partial charge in [0.15, 0.2) is 5.96 Å². The van der Waals surface area contributed by atoms with Gasteiger partial charge in [0.2, 0.25) is 0 Å². The maximum absolute atomic E-state index is 11.8. The first-order valence-electron chi connectivity index (χ1n) is 6.50. The molecule has 0 atom stereocenters. The number of halogens is 1. The molecule has 0 unspecified atom stereocenters. The highest BCUT2D eigenvalue weighted by molar-refractivity contribution is 14.0. The zero-order valence-corrected chi connectivity index (χ0v) is 15.5. The van der Waals surface area contributed by atoms with Crippen LogP contribution in [0.3, 0.4) is 0 Å². The molecule has 1 aromatic rings. The summed E-state index contributed by atoms with van der Waals surface area (Å²) >= 11 is 1.35. The Balaban J connectivity index is 0.00000400. The molecule has 1 amide bonds. The minimum absolute atomic E-state index is 0. The molecule has 118 valence electrons. The fourth-order valence-electron chi connectivity index (χ4n) is 1.45. The molecule has 0 saturated carbocycles. The highest BCUT2D eigenvalue weighted by Crippen LogP contribution is 2.11. The average molecular weight is 423 g/mol. The van der Waals surface area contributed by atoms with E-state index in [1.54, 1.807) is 11.6 Å². The second kappa shape index (κ2) is 11.5. The molecule has 8 heteroatoms. The number of rotatable bonds is 7. The zero-order chi connectivity index (χ0) is 14.8. The van der Waals surface area contributed by atoms with Crippen LogP contribution in [0.25, 0.3) is 0 Å². The summed E-state index contributed by atoms with van der Waals surface area (Å²) in [5.74, 6) is 0.625. The summed E-state index contributed by atoms with van der Waals surface area (Å²) in [5.41, 5.74) is 2.43. The summed E-state index contributed by atoms with van der Waals surface area (Å²) in [6.45, 7) is 9.90. The van der Waals surface area contributed by atoms with Crippen molar-refractivity contribution < 1.29 is 4.79 Å². The summed E-state index contributed by atoms with van der Waals surface area (Å²) in [6, 6.07) is 0. The molecule has 6 nitrogen and oxygen atoms in total. The van der Waals surface area contributed by atoms with E-state index in [9.17, 15) is 4.79 Å². The summed E-state index contributed by atoms with van der Waals surface area (Å²) in [7, 11) is 0. The Morgan fingerprint density at radius 2 is 2.24 bits per heavy atom. The van der Waals surface area contributed by atoms with Crippen molar-refractivity contribution in [2.45, 2.75) is 13.8 Å². The predicted molar refractivity (Wildman–Crippen MR) is 98.8 cm³/mol. The van der Waals surface area contributed by atoms with E-state index in [0.717, 1.165) is 18.2 Å². The number of nitrogens with zero attached hydrogens (tertiary/aromatic N) is 2. The molecule has 3 N–H and O–H groups in total. The Morgan fingerprint density at radius 3 is 2.81 bits per heavy atom. The maximum atomic E-state index is 11.8. The first kappa shape index (κ1) is 19.8. The lowest BCUT2D eigenvalue weighted by molar-refractivity contribution is 0.0958. The number of aliphatic imine (C=N–C) groups is 1. The van der Waals surface area contributed by atoms with Crippen LogP contribution in [0.4, 0.5) is 0 Å². The van der Waals surface area contributed by atoms with E-state index in [4.69, 9.17) is 0 Å². The SMILES string of the molecule is C=CCNC(=NCCNC(=O)c1scnc1C)NCC.I. The standard InChI is InChI=1S/C13H21N5OS.HI/c1-4-6-16-13(14-5-2)17-8-7-15-12(19)11-10(3)18-9-20-11;/h4,9H,1,5-8H2,2-3H3,(H,15,19)(H2,14,16,17);1H. The van der Waals surface area contributed by atoms with Crippen LogP contribution in [-0.2, 0) is 0 Å². The first-order valence-corrected chi connectivity index (χ1v) is 7.38. The van der Waals surface area contributed by atoms with E-state index in [0.29, 0.717) is 24.5 Å². The van der Waals surface area contributed by atoms with E-state index in [2.05, 4.69) is 32.5 Å². The number of aromatic nitrogens is 1. The summed E-state index contributed by atoms with van der Waals surface area (Å²) in [6.07, 6.45) is 1.77. The Labute approximate surface area is 146 Å². The van der Waals surface area contributed by atoms with Crippen molar-refractivity contribution >= 4 is 47.2 Å². The van der Waals surface area contributed by atoms with Crippen molar-refractivity contribution in [1.29, 1.82) is 0 Å². The topological polar surface area (TPSA) is 78.4 Å². The maximum Gasteiger partial charge on any atom is 0.263 e. The van der Waals surface area contributed by atoms with Gasteiger partial charge in [-0.1, -0.05) is 6.08 Å². The van der Waals surface area contributed by atoms with E-state index < -0.39 is 0 Å². The second-order valence-electron chi connectivity index (χ2n) is 3.95. The normalized spacial score (nSPS) is 10.5. The van der Waals surface area contributed by atoms with Crippen molar-refractivity contribution in [3.63, 3.8) is 0 Å². The molecule has 0 aliphatic carbocycles.